The van der Waals surface area contributed by atoms with Gasteiger partial charge in [0.05, 0.1) is 6.10 Å². The van der Waals surface area contributed by atoms with Gasteiger partial charge in [-0.15, -0.1) is 0 Å². The minimum atomic E-state index is -0.401. The van der Waals surface area contributed by atoms with Gasteiger partial charge in [-0.1, -0.05) is 257 Å². The summed E-state index contributed by atoms with van der Waals surface area (Å²) in [4.78, 5) is 24.5. The zero-order chi connectivity index (χ0) is 42.8. The van der Waals surface area contributed by atoms with Crippen LogP contribution in [-0.2, 0) is 9.59 Å². The van der Waals surface area contributed by atoms with Gasteiger partial charge in [-0.3, -0.25) is 9.59 Å². The molecule has 59 heavy (non-hydrogen) atoms. The highest BCUT2D eigenvalue weighted by Gasteiger charge is 2.07. The molecule has 0 saturated carbocycles. The van der Waals surface area contributed by atoms with Crippen LogP contribution in [0.25, 0.3) is 0 Å². The van der Waals surface area contributed by atoms with E-state index in [9.17, 15) is 14.7 Å². The van der Waals surface area contributed by atoms with Crippen molar-refractivity contribution < 1.29 is 14.7 Å². The molecule has 1 amide bonds. The number of rotatable bonds is 51. The Hall–Kier alpha value is -1.16. The summed E-state index contributed by atoms with van der Waals surface area (Å²) < 4.78 is 0. The molecule has 0 aromatic carbocycles. The third-order valence-electron chi connectivity index (χ3n) is 12.8. The van der Waals surface area contributed by atoms with E-state index in [2.05, 4.69) is 31.3 Å². The van der Waals surface area contributed by atoms with Crippen LogP contribution in [0.3, 0.4) is 0 Å². The molecule has 2 N–H and O–H groups in total. The van der Waals surface area contributed by atoms with E-state index in [1.165, 1.54) is 244 Å². The average molecular weight is 830 g/mol. The largest absolute Gasteiger partial charge is 0.391 e. The standard InChI is InChI=1S/C55H107NO3/c1-3-5-7-9-11-13-15-17-19-20-21-22-23-25-28-32-36-40-44-48-53(57)49-45-41-37-33-29-26-27-31-35-39-43-47-51-55(59)56-52-54(58)50-46-42-38-34-30-24-18-16-14-12-10-8-6-4-2/h17,19,54,58H,3-16,18,20-52H2,1-2H3,(H,56,59)/b19-17-/t54-/m1/s1. The number of aliphatic hydroxyl groups is 1. The maximum atomic E-state index is 12.3. The molecule has 0 aliphatic heterocycles. The van der Waals surface area contributed by atoms with Gasteiger partial charge in [0.1, 0.15) is 5.78 Å². The van der Waals surface area contributed by atoms with Crippen molar-refractivity contribution in [2.75, 3.05) is 6.54 Å². The van der Waals surface area contributed by atoms with Crippen molar-refractivity contribution in [3.8, 4) is 0 Å². The Morgan fingerprint density at radius 2 is 0.644 bits per heavy atom. The molecule has 4 heteroatoms. The second-order valence-electron chi connectivity index (χ2n) is 18.9. The molecular weight excluding hydrogens is 723 g/mol. The molecule has 4 nitrogen and oxygen atoms in total. The Balaban J connectivity index is 3.30. The highest BCUT2D eigenvalue weighted by Crippen LogP contribution is 2.17. The molecule has 350 valence electrons. The van der Waals surface area contributed by atoms with E-state index in [1.807, 2.05) is 0 Å². The molecule has 0 aliphatic carbocycles. The molecule has 0 aromatic heterocycles. The monoisotopic (exact) mass is 830 g/mol. The van der Waals surface area contributed by atoms with Crippen LogP contribution < -0.4 is 5.32 Å². The van der Waals surface area contributed by atoms with E-state index in [0.717, 1.165) is 51.4 Å². The summed E-state index contributed by atoms with van der Waals surface area (Å²) >= 11 is 0. The van der Waals surface area contributed by atoms with Crippen molar-refractivity contribution in [2.45, 2.75) is 322 Å². The van der Waals surface area contributed by atoms with Crippen molar-refractivity contribution >= 4 is 11.7 Å². The molecule has 1 atom stereocenters. The molecule has 0 fully saturated rings. The normalized spacial score (nSPS) is 12.2. The van der Waals surface area contributed by atoms with Crippen LogP contribution in [0, 0.1) is 0 Å². The van der Waals surface area contributed by atoms with Gasteiger partial charge in [0.15, 0.2) is 0 Å². The van der Waals surface area contributed by atoms with E-state index in [-0.39, 0.29) is 5.91 Å². The summed E-state index contributed by atoms with van der Waals surface area (Å²) in [5.74, 6) is 0.597. The number of allylic oxidation sites excluding steroid dienone is 2. The summed E-state index contributed by atoms with van der Waals surface area (Å²) in [6.07, 6.45) is 63.9. The highest BCUT2D eigenvalue weighted by molar-refractivity contribution is 5.78. The van der Waals surface area contributed by atoms with E-state index in [4.69, 9.17) is 0 Å². The summed E-state index contributed by atoms with van der Waals surface area (Å²) in [6, 6.07) is 0. The lowest BCUT2D eigenvalue weighted by Crippen LogP contribution is -2.31. The van der Waals surface area contributed by atoms with E-state index < -0.39 is 6.10 Å². The molecule has 0 radical (unpaired) electrons. The zero-order valence-electron chi connectivity index (χ0n) is 40.4. The molecular formula is C55H107NO3. The molecule has 0 aliphatic rings. The van der Waals surface area contributed by atoms with Crippen LogP contribution in [0.2, 0.25) is 0 Å². The lowest BCUT2D eigenvalue weighted by Gasteiger charge is -2.12. The first kappa shape index (κ1) is 57.8. The number of carbonyl (C=O) groups is 2. The Labute approximate surface area is 370 Å². The Morgan fingerprint density at radius 1 is 0.373 bits per heavy atom. The number of amides is 1. The van der Waals surface area contributed by atoms with Crippen molar-refractivity contribution in [1.82, 2.24) is 5.32 Å². The topological polar surface area (TPSA) is 66.4 Å². The quantitative estimate of drug-likeness (QED) is 0.0474. The van der Waals surface area contributed by atoms with Gasteiger partial charge >= 0.3 is 0 Å². The maximum absolute atomic E-state index is 12.3. The molecule has 0 rings (SSSR count). The van der Waals surface area contributed by atoms with Gasteiger partial charge in [-0.05, 0) is 51.4 Å². The lowest BCUT2D eigenvalue weighted by molar-refractivity contribution is -0.121. The van der Waals surface area contributed by atoms with Gasteiger partial charge in [-0.2, -0.15) is 0 Å². The fourth-order valence-electron chi connectivity index (χ4n) is 8.60. The van der Waals surface area contributed by atoms with E-state index in [0.29, 0.717) is 18.7 Å². The van der Waals surface area contributed by atoms with Crippen molar-refractivity contribution in [3.63, 3.8) is 0 Å². The number of ketones is 1. The summed E-state index contributed by atoms with van der Waals surface area (Å²) in [5, 5.41) is 13.2. The number of hydrogen-bond donors (Lipinski definition) is 2. The number of Topliss-reactive ketones (excluding diaryl/α,β-unsaturated/α-hetero) is 1. The molecule has 0 spiro atoms. The minimum Gasteiger partial charge on any atom is -0.391 e. The SMILES string of the molecule is CCCCCCCC/C=C\CCCCCCCCCCCC(=O)CCCCCCCCCCCCCCC(=O)NC[C@H](O)CCCCCCCCCCCCCCCC. The fourth-order valence-corrected chi connectivity index (χ4v) is 8.60. The third-order valence-corrected chi connectivity index (χ3v) is 12.8. The molecule has 0 unspecified atom stereocenters. The molecule has 0 bridgehead atoms. The summed E-state index contributed by atoms with van der Waals surface area (Å²) in [5.41, 5.74) is 0. The van der Waals surface area contributed by atoms with Crippen LogP contribution in [0.5, 0.6) is 0 Å². The van der Waals surface area contributed by atoms with Crippen LogP contribution in [-0.4, -0.2) is 29.4 Å². The predicted molar refractivity (Wildman–Crippen MR) is 262 cm³/mol. The lowest BCUT2D eigenvalue weighted by atomic mass is 10.0. The maximum Gasteiger partial charge on any atom is 0.220 e. The second-order valence-corrected chi connectivity index (χ2v) is 18.9. The minimum absolute atomic E-state index is 0.101. The molecule has 0 saturated heterocycles. The van der Waals surface area contributed by atoms with Gasteiger partial charge in [0, 0.05) is 25.8 Å². The van der Waals surface area contributed by atoms with Gasteiger partial charge in [-0.25, -0.2) is 0 Å². The van der Waals surface area contributed by atoms with Crippen molar-refractivity contribution in [2.24, 2.45) is 0 Å². The molecule has 0 heterocycles. The number of carbonyl (C=O) groups excluding carboxylic acids is 2. The van der Waals surface area contributed by atoms with Gasteiger partial charge in [0.25, 0.3) is 0 Å². The smallest absolute Gasteiger partial charge is 0.220 e. The fraction of sp³-hybridized carbons (Fsp3) is 0.927. The van der Waals surface area contributed by atoms with Crippen LogP contribution in [0.1, 0.15) is 316 Å². The summed E-state index contributed by atoms with van der Waals surface area (Å²) in [6.45, 7) is 4.98. The first-order valence-corrected chi connectivity index (χ1v) is 27.2. The Morgan fingerprint density at radius 3 is 0.983 bits per heavy atom. The number of nitrogens with one attached hydrogen (secondary N) is 1. The highest BCUT2D eigenvalue weighted by atomic mass is 16.3. The first-order valence-electron chi connectivity index (χ1n) is 27.2. The van der Waals surface area contributed by atoms with E-state index in [1.54, 1.807) is 0 Å². The first-order chi connectivity index (χ1) is 29.1. The average Bonchev–Trinajstić information content (AvgIpc) is 3.23. The third kappa shape index (κ3) is 51.1. The number of unbranched alkanes of at least 4 members (excludes halogenated alkanes) is 39. The number of hydrogen-bond acceptors (Lipinski definition) is 3. The van der Waals surface area contributed by atoms with Crippen LogP contribution in [0.15, 0.2) is 12.2 Å². The second kappa shape index (κ2) is 51.2. The van der Waals surface area contributed by atoms with Crippen LogP contribution >= 0.6 is 0 Å². The van der Waals surface area contributed by atoms with Gasteiger partial charge < -0.3 is 10.4 Å². The predicted octanol–water partition coefficient (Wildman–Crippen LogP) is 18.0. The Bertz CT molecular complexity index is 855. The summed E-state index contributed by atoms with van der Waals surface area (Å²) in [7, 11) is 0. The number of aliphatic hydroxyl groups excluding tert-OH is 1. The van der Waals surface area contributed by atoms with Crippen LogP contribution in [0.4, 0.5) is 0 Å². The zero-order valence-corrected chi connectivity index (χ0v) is 40.4. The van der Waals surface area contributed by atoms with Crippen molar-refractivity contribution in [3.05, 3.63) is 12.2 Å². The van der Waals surface area contributed by atoms with Gasteiger partial charge in [0.2, 0.25) is 5.91 Å². The molecule has 0 aromatic rings. The Kier molecular flexibility index (Phi) is 50.2. The van der Waals surface area contributed by atoms with E-state index >= 15 is 0 Å². The van der Waals surface area contributed by atoms with Crippen molar-refractivity contribution in [1.29, 1.82) is 0 Å².